The molecule has 0 aliphatic rings. The Hall–Kier alpha value is -1.05. The van der Waals surface area contributed by atoms with E-state index in [1.54, 1.807) is 0 Å². The van der Waals surface area contributed by atoms with E-state index in [-0.39, 0.29) is 11.5 Å². The van der Waals surface area contributed by atoms with Crippen molar-refractivity contribution < 1.29 is 0 Å². The Kier molecular flexibility index (Phi) is 3.65. The fourth-order valence-corrected chi connectivity index (χ4v) is 2.37. The molecule has 0 aliphatic carbocycles. The van der Waals surface area contributed by atoms with E-state index in [1.165, 1.54) is 5.56 Å². The first-order valence-electron chi connectivity index (χ1n) is 6.39. The Morgan fingerprint density at radius 3 is 2.61 bits per heavy atom. The lowest BCUT2D eigenvalue weighted by molar-refractivity contribution is 0.278. The molecule has 0 radical (unpaired) electrons. The van der Waals surface area contributed by atoms with Crippen LogP contribution in [0.3, 0.4) is 0 Å². The summed E-state index contributed by atoms with van der Waals surface area (Å²) in [6.45, 7) is 6.59. The lowest BCUT2D eigenvalue weighted by atomic mass is 9.78. The van der Waals surface area contributed by atoms with Crippen LogP contribution in [0.25, 0.3) is 10.8 Å². The van der Waals surface area contributed by atoms with E-state index in [4.69, 9.17) is 17.3 Å². The molecule has 0 fully saturated rings. The Morgan fingerprint density at radius 1 is 1.22 bits per heavy atom. The van der Waals surface area contributed by atoms with E-state index in [1.807, 2.05) is 12.1 Å². The van der Waals surface area contributed by atoms with Crippen molar-refractivity contribution in [3.05, 3.63) is 47.0 Å². The molecule has 0 saturated carbocycles. The summed E-state index contributed by atoms with van der Waals surface area (Å²) in [5, 5.41) is 3.04. The third kappa shape index (κ3) is 2.38. The number of benzene rings is 2. The molecule has 1 unspecified atom stereocenters. The molecule has 2 rings (SSSR count). The first-order chi connectivity index (χ1) is 8.45. The van der Waals surface area contributed by atoms with Crippen molar-refractivity contribution in [1.29, 1.82) is 0 Å². The highest BCUT2D eigenvalue weighted by Gasteiger charge is 2.25. The van der Waals surface area contributed by atoms with Gasteiger partial charge in [0.1, 0.15) is 0 Å². The van der Waals surface area contributed by atoms with Crippen molar-refractivity contribution >= 4 is 22.4 Å². The summed E-state index contributed by atoms with van der Waals surface area (Å²) in [5.74, 6) is 0. The minimum atomic E-state index is 0.0471. The standard InChI is InChI=1S/C16H20ClN/c1-4-16(2,3)15(18)12-8-9-13-11(10-12)6-5-7-14(13)17/h5-10,15H,4,18H2,1-3H3. The van der Waals surface area contributed by atoms with Crippen LogP contribution < -0.4 is 5.73 Å². The van der Waals surface area contributed by atoms with Crippen molar-refractivity contribution in [3.63, 3.8) is 0 Å². The van der Waals surface area contributed by atoms with Crippen molar-refractivity contribution in [2.24, 2.45) is 11.1 Å². The second-order valence-electron chi connectivity index (χ2n) is 5.54. The molecule has 2 heteroatoms. The zero-order valence-electron chi connectivity index (χ0n) is 11.2. The van der Waals surface area contributed by atoms with Gasteiger partial charge in [-0.1, -0.05) is 56.6 Å². The number of nitrogens with two attached hydrogens (primary N) is 1. The normalized spacial score (nSPS) is 13.8. The van der Waals surface area contributed by atoms with Crippen molar-refractivity contribution in [2.45, 2.75) is 33.2 Å². The SMILES string of the molecule is CCC(C)(C)C(N)c1ccc2c(Cl)cccc2c1. The molecule has 96 valence electrons. The van der Waals surface area contributed by atoms with Gasteiger partial charge >= 0.3 is 0 Å². The van der Waals surface area contributed by atoms with Gasteiger partial charge in [-0.05, 0) is 34.9 Å². The summed E-state index contributed by atoms with van der Waals surface area (Å²) in [6, 6.07) is 12.3. The predicted molar refractivity (Wildman–Crippen MR) is 80.0 cm³/mol. The molecule has 1 atom stereocenters. The van der Waals surface area contributed by atoms with E-state index in [2.05, 4.69) is 45.0 Å². The number of hydrogen-bond donors (Lipinski definition) is 1. The van der Waals surface area contributed by atoms with Crippen LogP contribution in [0.2, 0.25) is 5.02 Å². The lowest BCUT2D eigenvalue weighted by Crippen LogP contribution is -2.28. The van der Waals surface area contributed by atoms with Crippen molar-refractivity contribution in [3.8, 4) is 0 Å². The lowest BCUT2D eigenvalue weighted by Gasteiger charge is -2.31. The fourth-order valence-electron chi connectivity index (χ4n) is 2.13. The Balaban J connectivity index is 2.48. The van der Waals surface area contributed by atoms with E-state index < -0.39 is 0 Å². The van der Waals surface area contributed by atoms with Gasteiger partial charge in [-0.25, -0.2) is 0 Å². The van der Waals surface area contributed by atoms with Crippen molar-refractivity contribution in [1.82, 2.24) is 0 Å². The van der Waals surface area contributed by atoms with E-state index in [9.17, 15) is 0 Å². The third-order valence-electron chi connectivity index (χ3n) is 3.96. The van der Waals surface area contributed by atoms with Crippen molar-refractivity contribution in [2.75, 3.05) is 0 Å². The van der Waals surface area contributed by atoms with Gasteiger partial charge in [-0.2, -0.15) is 0 Å². The van der Waals surface area contributed by atoms with Gasteiger partial charge < -0.3 is 5.73 Å². The number of halogens is 1. The average Bonchev–Trinajstić information content (AvgIpc) is 2.37. The van der Waals surface area contributed by atoms with E-state index in [0.717, 1.165) is 22.2 Å². The zero-order chi connectivity index (χ0) is 13.3. The molecule has 2 N–H and O–H groups in total. The molecule has 2 aromatic rings. The molecule has 0 saturated heterocycles. The highest BCUT2D eigenvalue weighted by molar-refractivity contribution is 6.35. The molecule has 2 aromatic carbocycles. The Morgan fingerprint density at radius 2 is 1.94 bits per heavy atom. The topological polar surface area (TPSA) is 26.0 Å². The largest absolute Gasteiger partial charge is 0.324 e. The molecule has 0 aliphatic heterocycles. The molecule has 0 aromatic heterocycles. The maximum atomic E-state index is 6.38. The quantitative estimate of drug-likeness (QED) is 0.833. The molecular weight excluding hydrogens is 242 g/mol. The monoisotopic (exact) mass is 261 g/mol. The van der Waals surface area contributed by atoms with Crippen LogP contribution >= 0.6 is 11.6 Å². The maximum absolute atomic E-state index is 6.38. The van der Waals surface area contributed by atoms with Gasteiger partial charge in [-0.3, -0.25) is 0 Å². The summed E-state index contributed by atoms with van der Waals surface area (Å²) in [4.78, 5) is 0. The highest BCUT2D eigenvalue weighted by atomic mass is 35.5. The van der Waals surface area contributed by atoms with Crippen LogP contribution in [-0.4, -0.2) is 0 Å². The molecule has 0 heterocycles. The van der Waals surface area contributed by atoms with Crippen LogP contribution in [0.1, 0.15) is 38.8 Å². The molecule has 18 heavy (non-hydrogen) atoms. The average molecular weight is 262 g/mol. The third-order valence-corrected chi connectivity index (χ3v) is 4.29. The van der Waals surface area contributed by atoms with Crippen LogP contribution in [-0.2, 0) is 0 Å². The number of fused-ring (bicyclic) bond motifs is 1. The summed E-state index contributed by atoms with van der Waals surface area (Å²) in [6.07, 6.45) is 1.06. The van der Waals surface area contributed by atoms with E-state index >= 15 is 0 Å². The summed E-state index contributed by atoms with van der Waals surface area (Å²) in [5.41, 5.74) is 7.66. The van der Waals surface area contributed by atoms with Gasteiger partial charge in [0.15, 0.2) is 0 Å². The summed E-state index contributed by atoms with van der Waals surface area (Å²) < 4.78 is 0. The molecule has 1 nitrogen and oxygen atoms in total. The van der Waals surface area contributed by atoms with Crippen LogP contribution in [0.5, 0.6) is 0 Å². The Bertz CT molecular complexity index is 560. The highest BCUT2D eigenvalue weighted by Crippen LogP contribution is 2.35. The maximum Gasteiger partial charge on any atom is 0.0484 e. The van der Waals surface area contributed by atoms with Crippen LogP contribution in [0.4, 0.5) is 0 Å². The molecular formula is C16H20ClN. The van der Waals surface area contributed by atoms with Gasteiger partial charge in [0, 0.05) is 16.5 Å². The van der Waals surface area contributed by atoms with Crippen LogP contribution in [0, 0.1) is 5.41 Å². The predicted octanol–water partition coefficient (Wildman–Crippen LogP) is 4.93. The summed E-state index contributed by atoms with van der Waals surface area (Å²) in [7, 11) is 0. The molecule has 0 spiro atoms. The molecule has 0 amide bonds. The number of rotatable bonds is 3. The first-order valence-corrected chi connectivity index (χ1v) is 6.77. The zero-order valence-corrected chi connectivity index (χ0v) is 12.0. The first kappa shape index (κ1) is 13.4. The second-order valence-corrected chi connectivity index (χ2v) is 5.95. The van der Waals surface area contributed by atoms with Gasteiger partial charge in [0.25, 0.3) is 0 Å². The molecule has 0 bridgehead atoms. The Labute approximate surface area is 114 Å². The van der Waals surface area contributed by atoms with Gasteiger partial charge in [-0.15, -0.1) is 0 Å². The van der Waals surface area contributed by atoms with Crippen LogP contribution in [0.15, 0.2) is 36.4 Å². The minimum absolute atomic E-state index is 0.0471. The fraction of sp³-hybridized carbons (Fsp3) is 0.375. The van der Waals surface area contributed by atoms with E-state index in [0.29, 0.717) is 0 Å². The van der Waals surface area contributed by atoms with Gasteiger partial charge in [0.05, 0.1) is 0 Å². The smallest absolute Gasteiger partial charge is 0.0484 e. The number of hydrogen-bond acceptors (Lipinski definition) is 1. The second kappa shape index (κ2) is 4.91. The van der Waals surface area contributed by atoms with Gasteiger partial charge in [0.2, 0.25) is 0 Å². The summed E-state index contributed by atoms with van der Waals surface area (Å²) >= 11 is 6.17. The minimum Gasteiger partial charge on any atom is -0.324 e.